The maximum absolute atomic E-state index is 12.5. The van der Waals surface area contributed by atoms with Crippen LogP contribution in [0.3, 0.4) is 0 Å². The molecule has 1 N–H and O–H groups in total. The van der Waals surface area contributed by atoms with E-state index in [1.54, 1.807) is 18.2 Å². The van der Waals surface area contributed by atoms with Crippen LogP contribution in [-0.4, -0.2) is 34.3 Å². The van der Waals surface area contributed by atoms with Gasteiger partial charge in [0.2, 0.25) is 0 Å². The van der Waals surface area contributed by atoms with Gasteiger partial charge >= 0.3 is 6.61 Å². The van der Waals surface area contributed by atoms with Gasteiger partial charge in [0.1, 0.15) is 5.75 Å². The number of nitrogens with one attached hydrogen (secondary N) is 1. The minimum absolute atomic E-state index is 0.133. The molecule has 5 nitrogen and oxygen atoms in total. The molecule has 0 spiro atoms. The van der Waals surface area contributed by atoms with Crippen LogP contribution in [0.4, 0.5) is 8.78 Å². The van der Waals surface area contributed by atoms with Crippen molar-refractivity contribution in [2.45, 2.75) is 31.3 Å². The third-order valence-corrected chi connectivity index (χ3v) is 4.48. The molecule has 0 fully saturated rings. The zero-order valence-electron chi connectivity index (χ0n) is 13.1. The van der Waals surface area contributed by atoms with Crippen molar-refractivity contribution in [3.05, 3.63) is 51.4 Å². The Labute approximate surface area is 142 Å². The van der Waals surface area contributed by atoms with Gasteiger partial charge in [0.05, 0.1) is 11.3 Å². The molecule has 0 aliphatic carbocycles. The summed E-state index contributed by atoms with van der Waals surface area (Å²) in [6, 6.07) is 6.72. The van der Waals surface area contributed by atoms with Gasteiger partial charge in [-0.1, -0.05) is 30.0 Å². The van der Waals surface area contributed by atoms with Crippen LogP contribution in [0.2, 0.25) is 0 Å². The van der Waals surface area contributed by atoms with Gasteiger partial charge in [0.25, 0.3) is 5.56 Å². The van der Waals surface area contributed by atoms with E-state index in [1.165, 1.54) is 17.8 Å². The highest BCUT2D eigenvalue weighted by atomic mass is 32.2. The molecule has 1 aromatic carbocycles. The topological polar surface area (TPSA) is 58.2 Å². The Morgan fingerprint density at radius 1 is 1.42 bits per heavy atom. The quantitative estimate of drug-likeness (QED) is 0.662. The first-order valence-corrected chi connectivity index (χ1v) is 8.70. The summed E-state index contributed by atoms with van der Waals surface area (Å²) in [5.74, 6) is 0.170. The first-order valence-electron chi connectivity index (χ1n) is 7.48. The fourth-order valence-corrected chi connectivity index (χ4v) is 3.17. The number of benzene rings is 1. The van der Waals surface area contributed by atoms with Crippen LogP contribution in [0.5, 0.6) is 5.75 Å². The highest BCUT2D eigenvalue weighted by Crippen LogP contribution is 2.24. The van der Waals surface area contributed by atoms with Crippen LogP contribution in [0.1, 0.15) is 16.8 Å². The first-order chi connectivity index (χ1) is 11.6. The number of H-pyrrole nitrogens is 1. The number of thioether (sulfide) groups is 1. The summed E-state index contributed by atoms with van der Waals surface area (Å²) in [6.07, 6.45) is 2.52. The molecule has 128 valence electrons. The van der Waals surface area contributed by atoms with Crippen molar-refractivity contribution >= 4 is 11.8 Å². The van der Waals surface area contributed by atoms with Crippen molar-refractivity contribution in [1.29, 1.82) is 0 Å². The summed E-state index contributed by atoms with van der Waals surface area (Å²) in [6.45, 7) is -1.27. The number of rotatable bonds is 5. The Kier molecular flexibility index (Phi) is 5.15. The third-order valence-electron chi connectivity index (χ3n) is 3.90. The van der Waals surface area contributed by atoms with Crippen LogP contribution in [0.25, 0.3) is 0 Å². The molecule has 2 aromatic rings. The number of halogens is 2. The molecule has 2 heterocycles. The van der Waals surface area contributed by atoms with E-state index in [-0.39, 0.29) is 11.3 Å². The van der Waals surface area contributed by atoms with Gasteiger partial charge in [-0.2, -0.15) is 8.78 Å². The minimum atomic E-state index is -2.86. The van der Waals surface area contributed by atoms with E-state index in [9.17, 15) is 13.6 Å². The Balaban J connectivity index is 1.79. The molecule has 24 heavy (non-hydrogen) atoms. The lowest BCUT2D eigenvalue weighted by atomic mass is 10.1. The highest BCUT2D eigenvalue weighted by Gasteiger charge is 2.22. The van der Waals surface area contributed by atoms with Crippen LogP contribution < -0.4 is 10.3 Å². The fraction of sp³-hybridized carbons (Fsp3) is 0.375. The van der Waals surface area contributed by atoms with E-state index in [1.807, 2.05) is 11.2 Å². The molecule has 0 atom stereocenters. The number of hydrogen-bond acceptors (Lipinski definition) is 5. The molecule has 0 unspecified atom stereocenters. The molecule has 0 amide bonds. The van der Waals surface area contributed by atoms with Gasteiger partial charge in [-0.3, -0.25) is 9.69 Å². The number of aromatic nitrogens is 2. The molecule has 0 radical (unpaired) electrons. The van der Waals surface area contributed by atoms with Crippen molar-refractivity contribution in [2.24, 2.45) is 0 Å². The molecule has 8 heteroatoms. The van der Waals surface area contributed by atoms with E-state index >= 15 is 0 Å². The van der Waals surface area contributed by atoms with Crippen LogP contribution >= 0.6 is 11.8 Å². The number of alkyl halides is 2. The molecule has 1 aromatic heterocycles. The van der Waals surface area contributed by atoms with E-state index in [4.69, 9.17) is 0 Å². The zero-order valence-corrected chi connectivity index (χ0v) is 13.9. The van der Waals surface area contributed by atoms with Gasteiger partial charge in [-0.25, -0.2) is 4.98 Å². The third kappa shape index (κ3) is 3.76. The average Bonchev–Trinajstić information content (AvgIpc) is 2.56. The standard InChI is InChI=1S/C16H17F2N3O2S/c1-24-16-19-12-6-7-21(9-11(12)14(22)20-16)8-10-4-2-3-5-13(10)23-15(17)18/h2-5,15H,6-9H2,1H3,(H,19,20,22). The van der Waals surface area contributed by atoms with Crippen LogP contribution in [0, 0.1) is 0 Å². The van der Waals surface area contributed by atoms with Gasteiger partial charge in [-0.15, -0.1) is 0 Å². The van der Waals surface area contributed by atoms with Gasteiger partial charge in [-0.05, 0) is 12.3 Å². The van der Waals surface area contributed by atoms with E-state index in [0.29, 0.717) is 42.3 Å². The van der Waals surface area contributed by atoms with Crippen molar-refractivity contribution in [3.63, 3.8) is 0 Å². The number of hydrogen-bond donors (Lipinski definition) is 1. The number of aromatic amines is 1. The SMILES string of the molecule is CSc1nc2c(c(=O)[nH]1)CN(Cc1ccccc1OC(F)F)CC2. The normalized spacial score (nSPS) is 14.7. The second kappa shape index (κ2) is 7.31. The molecule has 1 aliphatic rings. The van der Waals surface area contributed by atoms with Crippen molar-refractivity contribution in [1.82, 2.24) is 14.9 Å². The Morgan fingerprint density at radius 2 is 2.21 bits per heavy atom. The summed E-state index contributed by atoms with van der Waals surface area (Å²) in [5.41, 5.74) is 2.00. The Morgan fingerprint density at radius 3 is 2.96 bits per heavy atom. The first kappa shape index (κ1) is 16.9. The molecule has 3 rings (SSSR count). The second-order valence-electron chi connectivity index (χ2n) is 5.45. The summed E-state index contributed by atoms with van der Waals surface area (Å²) in [5, 5.41) is 0.614. The van der Waals surface area contributed by atoms with E-state index in [0.717, 1.165) is 5.69 Å². The zero-order chi connectivity index (χ0) is 17.1. The lowest BCUT2D eigenvalue weighted by Crippen LogP contribution is -2.35. The highest BCUT2D eigenvalue weighted by molar-refractivity contribution is 7.98. The largest absolute Gasteiger partial charge is 0.434 e. The van der Waals surface area contributed by atoms with Gasteiger partial charge in [0.15, 0.2) is 5.16 Å². The monoisotopic (exact) mass is 353 g/mol. The molecule has 0 bridgehead atoms. The maximum atomic E-state index is 12.5. The summed E-state index contributed by atoms with van der Waals surface area (Å²) >= 11 is 1.40. The summed E-state index contributed by atoms with van der Waals surface area (Å²) in [4.78, 5) is 21.4. The number of nitrogens with zero attached hydrogens (tertiary/aromatic N) is 2. The van der Waals surface area contributed by atoms with Gasteiger partial charge in [0, 0.05) is 31.6 Å². The molecule has 1 aliphatic heterocycles. The van der Waals surface area contributed by atoms with Crippen molar-refractivity contribution in [2.75, 3.05) is 12.8 Å². The number of fused-ring (bicyclic) bond motifs is 1. The van der Waals surface area contributed by atoms with Crippen molar-refractivity contribution < 1.29 is 13.5 Å². The van der Waals surface area contributed by atoms with Crippen LogP contribution in [-0.2, 0) is 19.5 Å². The molecular formula is C16H17F2N3O2S. The lowest BCUT2D eigenvalue weighted by Gasteiger charge is -2.28. The predicted octanol–water partition coefficient (Wildman–Crippen LogP) is 2.65. The Hall–Kier alpha value is -1.93. The fourth-order valence-electron chi connectivity index (χ4n) is 2.78. The second-order valence-corrected chi connectivity index (χ2v) is 6.24. The lowest BCUT2D eigenvalue weighted by molar-refractivity contribution is -0.0508. The maximum Gasteiger partial charge on any atom is 0.387 e. The van der Waals surface area contributed by atoms with Crippen molar-refractivity contribution in [3.8, 4) is 5.75 Å². The van der Waals surface area contributed by atoms with E-state index < -0.39 is 6.61 Å². The van der Waals surface area contributed by atoms with E-state index in [2.05, 4.69) is 14.7 Å². The van der Waals surface area contributed by atoms with Gasteiger partial charge < -0.3 is 9.72 Å². The molecule has 0 saturated carbocycles. The minimum Gasteiger partial charge on any atom is -0.434 e. The predicted molar refractivity (Wildman–Crippen MR) is 87.5 cm³/mol. The summed E-state index contributed by atoms with van der Waals surface area (Å²) in [7, 11) is 0. The molecule has 0 saturated heterocycles. The summed E-state index contributed by atoms with van der Waals surface area (Å²) < 4.78 is 29.6. The number of para-hydroxylation sites is 1. The van der Waals surface area contributed by atoms with Crippen LogP contribution in [0.15, 0.2) is 34.2 Å². The average molecular weight is 353 g/mol. The molecular weight excluding hydrogens is 336 g/mol. The smallest absolute Gasteiger partial charge is 0.387 e. The Bertz CT molecular complexity index is 782. The number of ether oxygens (including phenoxy) is 1.